The molecule has 1 aromatic heterocycles. The molecule has 2 saturated carbocycles. The molecular weight excluding hydrogens is 242 g/mol. The van der Waals surface area contributed by atoms with E-state index in [0.29, 0.717) is 12.0 Å². The first-order valence-corrected chi connectivity index (χ1v) is 8.17. The monoisotopic (exact) mass is 265 g/mol. The number of aliphatic hydroxyl groups excluding tert-OH is 1. The van der Waals surface area contributed by atoms with Crippen molar-refractivity contribution in [2.45, 2.75) is 50.7 Å². The van der Waals surface area contributed by atoms with E-state index < -0.39 is 0 Å². The number of thiophene rings is 1. The molecule has 0 radical (unpaired) electrons. The summed E-state index contributed by atoms with van der Waals surface area (Å²) in [5.41, 5.74) is 0. The summed E-state index contributed by atoms with van der Waals surface area (Å²) in [5.74, 6) is 1.31. The predicted molar refractivity (Wildman–Crippen MR) is 75.8 cm³/mol. The van der Waals surface area contributed by atoms with Gasteiger partial charge in [-0.2, -0.15) is 0 Å². The van der Waals surface area contributed by atoms with Gasteiger partial charge in [-0.3, -0.25) is 0 Å². The minimum atomic E-state index is -0.0746. The van der Waals surface area contributed by atoms with Gasteiger partial charge < -0.3 is 10.4 Å². The van der Waals surface area contributed by atoms with Crippen LogP contribution in [-0.4, -0.2) is 17.8 Å². The molecule has 3 rings (SSSR count). The highest BCUT2D eigenvalue weighted by atomic mass is 32.1. The van der Waals surface area contributed by atoms with Crippen LogP contribution in [0.1, 0.15) is 49.4 Å². The highest BCUT2D eigenvalue weighted by molar-refractivity contribution is 7.10. The highest BCUT2D eigenvalue weighted by Gasteiger charge is 2.33. The van der Waals surface area contributed by atoms with Crippen LogP contribution >= 0.6 is 11.3 Å². The van der Waals surface area contributed by atoms with Crippen LogP contribution in [0.2, 0.25) is 0 Å². The molecule has 0 aliphatic heterocycles. The van der Waals surface area contributed by atoms with Gasteiger partial charge in [0.25, 0.3) is 0 Å². The number of rotatable bonds is 5. The number of hydrogen-bond donors (Lipinski definition) is 2. The van der Waals surface area contributed by atoms with Crippen LogP contribution in [0.4, 0.5) is 0 Å². The van der Waals surface area contributed by atoms with Crippen LogP contribution in [0.25, 0.3) is 0 Å². The Morgan fingerprint density at radius 2 is 2.11 bits per heavy atom. The van der Waals surface area contributed by atoms with E-state index in [4.69, 9.17) is 0 Å². The molecule has 2 fully saturated rings. The Hall–Kier alpha value is -0.380. The molecule has 1 heterocycles. The molecule has 0 amide bonds. The molecule has 0 saturated heterocycles. The number of hydrogen-bond acceptors (Lipinski definition) is 3. The van der Waals surface area contributed by atoms with E-state index in [-0.39, 0.29) is 6.10 Å². The molecule has 3 unspecified atom stereocenters. The Labute approximate surface area is 113 Å². The summed E-state index contributed by atoms with van der Waals surface area (Å²) in [5, 5.41) is 15.9. The predicted octanol–water partition coefficient (Wildman–Crippen LogP) is 3.34. The summed E-state index contributed by atoms with van der Waals surface area (Å²) in [4.78, 5) is 1.47. The summed E-state index contributed by atoms with van der Waals surface area (Å²) in [6, 6.07) is 4.93. The summed E-state index contributed by atoms with van der Waals surface area (Å²) in [6.45, 7) is 0.986. The van der Waals surface area contributed by atoms with E-state index in [0.717, 1.165) is 18.9 Å². The van der Waals surface area contributed by atoms with Gasteiger partial charge in [-0.1, -0.05) is 18.9 Å². The van der Waals surface area contributed by atoms with Gasteiger partial charge in [0, 0.05) is 17.5 Å². The molecule has 3 heteroatoms. The second kappa shape index (κ2) is 5.72. The maximum atomic E-state index is 10.0. The first-order chi connectivity index (χ1) is 8.84. The topological polar surface area (TPSA) is 32.3 Å². The molecular formula is C15H23NOS. The largest absolute Gasteiger partial charge is 0.393 e. The van der Waals surface area contributed by atoms with Crippen LogP contribution in [-0.2, 0) is 0 Å². The zero-order chi connectivity index (χ0) is 12.4. The second-order valence-corrected chi connectivity index (χ2v) is 6.83. The Kier molecular flexibility index (Phi) is 4.02. The fourth-order valence-corrected chi connectivity index (χ4v) is 4.00. The highest BCUT2D eigenvalue weighted by Crippen LogP contribution is 2.42. The van der Waals surface area contributed by atoms with Crippen molar-refractivity contribution < 1.29 is 5.11 Å². The molecule has 2 nitrogen and oxygen atoms in total. The van der Waals surface area contributed by atoms with Crippen LogP contribution in [0, 0.1) is 11.8 Å². The van der Waals surface area contributed by atoms with Crippen molar-refractivity contribution >= 4 is 11.3 Å². The van der Waals surface area contributed by atoms with Crippen LogP contribution < -0.4 is 5.32 Å². The van der Waals surface area contributed by atoms with E-state index in [9.17, 15) is 5.11 Å². The van der Waals surface area contributed by atoms with Crippen molar-refractivity contribution in [1.29, 1.82) is 0 Å². The lowest BCUT2D eigenvalue weighted by atomic mass is 9.86. The maximum Gasteiger partial charge on any atom is 0.0580 e. The van der Waals surface area contributed by atoms with E-state index in [1.54, 1.807) is 0 Å². The third-order valence-electron chi connectivity index (χ3n) is 4.41. The van der Waals surface area contributed by atoms with E-state index in [2.05, 4.69) is 22.8 Å². The van der Waals surface area contributed by atoms with Gasteiger partial charge in [0.2, 0.25) is 0 Å². The molecule has 1 aromatic rings. The molecule has 0 spiro atoms. The fraction of sp³-hybridized carbons (Fsp3) is 0.733. The summed E-state index contributed by atoms with van der Waals surface area (Å²) in [6.07, 6.45) is 7.33. The zero-order valence-electron chi connectivity index (χ0n) is 10.8. The lowest BCUT2D eigenvalue weighted by molar-refractivity contribution is 0.0677. The third kappa shape index (κ3) is 2.95. The molecule has 2 N–H and O–H groups in total. The number of aliphatic hydroxyl groups is 1. The van der Waals surface area contributed by atoms with Crippen molar-refractivity contribution in [3.05, 3.63) is 22.4 Å². The number of nitrogens with one attached hydrogen (secondary N) is 1. The second-order valence-electron chi connectivity index (χ2n) is 5.85. The van der Waals surface area contributed by atoms with Gasteiger partial charge in [-0.25, -0.2) is 0 Å². The standard InChI is InChI=1S/C15H23NOS/c17-13-5-2-1-4-12(13)10-16-15(11-7-8-11)14-6-3-9-18-14/h3,6,9,11-13,15-17H,1-2,4-5,7-8,10H2. The van der Waals surface area contributed by atoms with Crippen molar-refractivity contribution in [1.82, 2.24) is 5.32 Å². The van der Waals surface area contributed by atoms with E-state index in [1.165, 1.54) is 37.0 Å². The molecule has 100 valence electrons. The molecule has 18 heavy (non-hydrogen) atoms. The van der Waals surface area contributed by atoms with Crippen molar-refractivity contribution in [3.63, 3.8) is 0 Å². The van der Waals surface area contributed by atoms with E-state index in [1.807, 2.05) is 11.3 Å². The Morgan fingerprint density at radius 3 is 2.78 bits per heavy atom. The molecule has 2 aliphatic rings. The summed E-state index contributed by atoms with van der Waals surface area (Å²) in [7, 11) is 0. The SMILES string of the molecule is OC1CCCCC1CNC(c1cccs1)C1CC1. The first kappa shape index (κ1) is 12.6. The third-order valence-corrected chi connectivity index (χ3v) is 5.37. The minimum Gasteiger partial charge on any atom is -0.393 e. The fourth-order valence-electron chi connectivity index (χ4n) is 3.10. The van der Waals surface area contributed by atoms with Crippen LogP contribution in [0.3, 0.4) is 0 Å². The minimum absolute atomic E-state index is 0.0746. The smallest absolute Gasteiger partial charge is 0.0580 e. The Bertz CT molecular complexity index is 361. The van der Waals surface area contributed by atoms with Gasteiger partial charge >= 0.3 is 0 Å². The first-order valence-electron chi connectivity index (χ1n) is 7.29. The zero-order valence-corrected chi connectivity index (χ0v) is 11.7. The molecule has 0 bridgehead atoms. The van der Waals surface area contributed by atoms with Crippen LogP contribution in [0.5, 0.6) is 0 Å². The normalized spacial score (nSPS) is 30.3. The maximum absolute atomic E-state index is 10.0. The lowest BCUT2D eigenvalue weighted by Gasteiger charge is -2.29. The molecule has 3 atom stereocenters. The van der Waals surface area contributed by atoms with Gasteiger partial charge in [-0.15, -0.1) is 11.3 Å². The summed E-state index contributed by atoms with van der Waals surface area (Å²) < 4.78 is 0. The quantitative estimate of drug-likeness (QED) is 0.856. The van der Waals surface area contributed by atoms with Crippen molar-refractivity contribution in [2.24, 2.45) is 11.8 Å². The van der Waals surface area contributed by atoms with Gasteiger partial charge in [-0.05, 0) is 49.0 Å². The average Bonchev–Trinajstić information content (AvgIpc) is 3.07. The van der Waals surface area contributed by atoms with Crippen molar-refractivity contribution in [2.75, 3.05) is 6.54 Å². The lowest BCUT2D eigenvalue weighted by Crippen LogP contribution is -2.36. The molecule has 0 aromatic carbocycles. The average molecular weight is 265 g/mol. The van der Waals surface area contributed by atoms with Gasteiger partial charge in [0.1, 0.15) is 0 Å². The van der Waals surface area contributed by atoms with Crippen molar-refractivity contribution in [3.8, 4) is 0 Å². The van der Waals surface area contributed by atoms with E-state index >= 15 is 0 Å². The Morgan fingerprint density at radius 1 is 1.28 bits per heavy atom. The van der Waals surface area contributed by atoms with Crippen LogP contribution in [0.15, 0.2) is 17.5 Å². The Balaban J connectivity index is 1.56. The molecule has 2 aliphatic carbocycles. The van der Waals surface area contributed by atoms with Gasteiger partial charge in [0.05, 0.1) is 6.10 Å². The van der Waals surface area contributed by atoms with Gasteiger partial charge in [0.15, 0.2) is 0 Å². The summed E-state index contributed by atoms with van der Waals surface area (Å²) >= 11 is 1.86.